The first-order valence-corrected chi connectivity index (χ1v) is 9.57. The molecule has 1 aromatic heterocycles. The fourth-order valence-corrected chi connectivity index (χ4v) is 3.26. The zero-order valence-corrected chi connectivity index (χ0v) is 14.5. The predicted octanol–water partition coefficient (Wildman–Crippen LogP) is 2.10. The molecular formula is C15H18N2O4S2. The summed E-state index contributed by atoms with van der Waals surface area (Å²) in [4.78, 5) is 13.7. The van der Waals surface area contributed by atoms with E-state index in [1.807, 2.05) is 6.07 Å². The maximum atomic E-state index is 12.2. The van der Waals surface area contributed by atoms with Gasteiger partial charge in [0.15, 0.2) is 0 Å². The highest BCUT2D eigenvalue weighted by Gasteiger charge is 2.10. The second-order valence-electron chi connectivity index (χ2n) is 4.87. The average molecular weight is 354 g/mol. The zero-order valence-electron chi connectivity index (χ0n) is 12.8. The molecule has 8 heteroatoms. The number of anilines is 1. The predicted molar refractivity (Wildman–Crippen MR) is 91.8 cm³/mol. The van der Waals surface area contributed by atoms with E-state index in [1.54, 1.807) is 37.4 Å². The normalized spacial score (nSPS) is 11.2. The van der Waals surface area contributed by atoms with Crippen LogP contribution in [0.1, 0.15) is 14.5 Å². The maximum absolute atomic E-state index is 12.2. The number of hydrogen-bond donors (Lipinski definition) is 2. The molecule has 0 spiro atoms. The van der Waals surface area contributed by atoms with E-state index in [9.17, 15) is 13.2 Å². The van der Waals surface area contributed by atoms with E-state index in [0.717, 1.165) is 11.1 Å². The summed E-state index contributed by atoms with van der Waals surface area (Å²) in [6, 6.07) is 10.7. The Kier molecular flexibility index (Phi) is 5.75. The quantitative estimate of drug-likeness (QED) is 0.797. The van der Waals surface area contributed by atoms with Gasteiger partial charge in [-0.05, 0) is 30.7 Å². The number of carbonyl (C=O) groups excluding carboxylic acids is 1. The maximum Gasteiger partial charge on any atom is 0.265 e. The fraction of sp³-hybridized carbons (Fsp3) is 0.267. The van der Waals surface area contributed by atoms with Crippen LogP contribution in [0, 0.1) is 0 Å². The van der Waals surface area contributed by atoms with Gasteiger partial charge in [0.25, 0.3) is 5.91 Å². The Balaban J connectivity index is 1.95. The Morgan fingerprint density at radius 2 is 2.04 bits per heavy atom. The van der Waals surface area contributed by atoms with Crippen LogP contribution in [0.15, 0.2) is 36.4 Å². The molecule has 0 radical (unpaired) electrons. The number of sulfonamides is 1. The third-order valence-corrected chi connectivity index (χ3v) is 4.82. The number of benzene rings is 1. The summed E-state index contributed by atoms with van der Waals surface area (Å²) < 4.78 is 29.6. The van der Waals surface area contributed by atoms with Gasteiger partial charge in [-0.3, -0.25) is 4.79 Å². The first kappa shape index (κ1) is 17.5. The molecule has 0 saturated carbocycles. The van der Waals surface area contributed by atoms with Crippen LogP contribution in [-0.4, -0.2) is 34.2 Å². The molecule has 2 N–H and O–H groups in total. The van der Waals surface area contributed by atoms with E-state index < -0.39 is 10.0 Å². The molecule has 0 saturated heterocycles. The lowest BCUT2D eigenvalue weighted by atomic mass is 10.3. The zero-order chi connectivity index (χ0) is 16.9. The van der Waals surface area contributed by atoms with E-state index in [4.69, 9.17) is 4.74 Å². The highest BCUT2D eigenvalue weighted by atomic mass is 32.2. The van der Waals surface area contributed by atoms with Gasteiger partial charge in [0.2, 0.25) is 10.0 Å². The van der Waals surface area contributed by atoms with Gasteiger partial charge in [-0.15, -0.1) is 11.3 Å². The average Bonchev–Trinajstić information content (AvgIpc) is 2.95. The molecule has 1 heterocycles. The standard InChI is InChI=1S/C15H18N2O4S2/c1-21-12-5-3-4-11(10-12)17-15(18)14-7-6-13(22-14)8-9-16-23(2,19)20/h3-7,10,16H,8-9H2,1-2H3,(H,17,18). The number of amides is 1. The Labute approximate surface area is 139 Å². The summed E-state index contributed by atoms with van der Waals surface area (Å²) in [6.45, 7) is 0.316. The van der Waals surface area contributed by atoms with Crippen molar-refractivity contribution in [3.63, 3.8) is 0 Å². The smallest absolute Gasteiger partial charge is 0.265 e. The van der Waals surface area contributed by atoms with Gasteiger partial charge in [0.1, 0.15) is 5.75 Å². The summed E-state index contributed by atoms with van der Waals surface area (Å²) in [6.07, 6.45) is 1.67. The summed E-state index contributed by atoms with van der Waals surface area (Å²) in [5, 5.41) is 2.81. The van der Waals surface area contributed by atoms with Crippen molar-refractivity contribution in [3.8, 4) is 5.75 Å². The van der Waals surface area contributed by atoms with Gasteiger partial charge in [-0.25, -0.2) is 13.1 Å². The molecule has 0 unspecified atom stereocenters. The molecule has 1 amide bonds. The minimum Gasteiger partial charge on any atom is -0.497 e. The largest absolute Gasteiger partial charge is 0.497 e. The van der Waals surface area contributed by atoms with Crippen LogP contribution < -0.4 is 14.8 Å². The van der Waals surface area contributed by atoms with E-state index >= 15 is 0 Å². The monoisotopic (exact) mass is 354 g/mol. The van der Waals surface area contributed by atoms with Crippen LogP contribution in [0.2, 0.25) is 0 Å². The van der Waals surface area contributed by atoms with Crippen molar-refractivity contribution in [3.05, 3.63) is 46.2 Å². The van der Waals surface area contributed by atoms with Crippen LogP contribution in [0.25, 0.3) is 0 Å². The third-order valence-electron chi connectivity index (χ3n) is 2.95. The molecule has 0 fully saturated rings. The molecule has 23 heavy (non-hydrogen) atoms. The number of carbonyl (C=O) groups is 1. The lowest BCUT2D eigenvalue weighted by Gasteiger charge is -2.05. The Bertz CT molecular complexity index is 784. The van der Waals surface area contributed by atoms with Gasteiger partial charge in [0, 0.05) is 23.2 Å². The molecule has 0 bridgehead atoms. The summed E-state index contributed by atoms with van der Waals surface area (Å²) in [7, 11) is -1.62. The van der Waals surface area contributed by atoms with Gasteiger partial charge in [-0.1, -0.05) is 6.07 Å². The number of nitrogens with one attached hydrogen (secondary N) is 2. The number of methoxy groups -OCH3 is 1. The molecule has 2 rings (SSSR count). The molecule has 124 valence electrons. The number of thiophene rings is 1. The van der Waals surface area contributed by atoms with Crippen molar-refractivity contribution >= 4 is 33.0 Å². The van der Waals surface area contributed by atoms with Crippen molar-refractivity contribution in [2.24, 2.45) is 0 Å². The Morgan fingerprint density at radius 1 is 1.26 bits per heavy atom. The van der Waals surface area contributed by atoms with E-state index in [-0.39, 0.29) is 5.91 Å². The molecule has 6 nitrogen and oxygen atoms in total. The van der Waals surface area contributed by atoms with Crippen LogP contribution in [0.4, 0.5) is 5.69 Å². The molecule has 1 aromatic carbocycles. The van der Waals surface area contributed by atoms with E-state index in [2.05, 4.69) is 10.0 Å². The van der Waals surface area contributed by atoms with Gasteiger partial charge < -0.3 is 10.1 Å². The minimum absolute atomic E-state index is 0.203. The van der Waals surface area contributed by atoms with E-state index in [0.29, 0.717) is 29.3 Å². The second-order valence-corrected chi connectivity index (χ2v) is 7.87. The van der Waals surface area contributed by atoms with Gasteiger partial charge >= 0.3 is 0 Å². The van der Waals surface area contributed by atoms with Crippen molar-refractivity contribution in [1.29, 1.82) is 0 Å². The second kappa shape index (κ2) is 7.58. The highest BCUT2D eigenvalue weighted by Crippen LogP contribution is 2.21. The molecule has 0 aliphatic heterocycles. The van der Waals surface area contributed by atoms with Crippen molar-refractivity contribution in [1.82, 2.24) is 4.72 Å². The number of rotatable bonds is 7. The highest BCUT2D eigenvalue weighted by molar-refractivity contribution is 7.88. The Morgan fingerprint density at radius 3 is 2.74 bits per heavy atom. The van der Waals surface area contributed by atoms with Crippen LogP contribution >= 0.6 is 11.3 Å². The molecule has 0 aliphatic carbocycles. The molecule has 0 aliphatic rings. The molecular weight excluding hydrogens is 336 g/mol. The van der Waals surface area contributed by atoms with E-state index in [1.165, 1.54) is 11.3 Å². The third kappa shape index (κ3) is 5.66. The molecule has 0 atom stereocenters. The van der Waals surface area contributed by atoms with Crippen LogP contribution in [-0.2, 0) is 16.4 Å². The number of ether oxygens (including phenoxy) is 1. The fourth-order valence-electron chi connectivity index (χ4n) is 1.89. The number of hydrogen-bond acceptors (Lipinski definition) is 5. The lowest BCUT2D eigenvalue weighted by molar-refractivity contribution is 0.103. The first-order chi connectivity index (χ1) is 10.9. The van der Waals surface area contributed by atoms with Gasteiger partial charge in [0.05, 0.1) is 18.2 Å². The van der Waals surface area contributed by atoms with Gasteiger partial charge in [-0.2, -0.15) is 0 Å². The summed E-state index contributed by atoms with van der Waals surface area (Å²) >= 11 is 1.34. The van der Waals surface area contributed by atoms with Crippen LogP contribution in [0.5, 0.6) is 5.75 Å². The Hall–Kier alpha value is -1.90. The summed E-state index contributed by atoms with van der Waals surface area (Å²) in [5.41, 5.74) is 0.656. The first-order valence-electron chi connectivity index (χ1n) is 6.86. The minimum atomic E-state index is -3.19. The summed E-state index contributed by atoms with van der Waals surface area (Å²) in [5.74, 6) is 0.465. The topological polar surface area (TPSA) is 84.5 Å². The molecule has 2 aromatic rings. The van der Waals surface area contributed by atoms with Crippen molar-refractivity contribution < 1.29 is 17.9 Å². The van der Waals surface area contributed by atoms with Crippen LogP contribution in [0.3, 0.4) is 0 Å². The lowest BCUT2D eigenvalue weighted by Crippen LogP contribution is -2.24. The van der Waals surface area contributed by atoms with Crippen molar-refractivity contribution in [2.45, 2.75) is 6.42 Å². The SMILES string of the molecule is COc1cccc(NC(=O)c2ccc(CCNS(C)(=O)=O)s2)c1. The van der Waals surface area contributed by atoms with Crippen molar-refractivity contribution in [2.75, 3.05) is 25.2 Å².